The van der Waals surface area contributed by atoms with Crippen molar-refractivity contribution in [3.63, 3.8) is 0 Å². The van der Waals surface area contributed by atoms with Gasteiger partial charge >= 0.3 is 5.97 Å². The predicted octanol–water partition coefficient (Wildman–Crippen LogP) is 1.88. The molecule has 2 aromatic rings. The number of hydrogen-bond acceptors (Lipinski definition) is 2. The second kappa shape index (κ2) is 2.83. The summed E-state index contributed by atoms with van der Waals surface area (Å²) in [5.41, 5.74) is 3.70. The van der Waals surface area contributed by atoms with Crippen LogP contribution in [0, 0.1) is 13.8 Å². The largest absolute Gasteiger partial charge is 0.475 e. The third-order valence-electron chi connectivity index (χ3n) is 2.30. The summed E-state index contributed by atoms with van der Waals surface area (Å²) in [7, 11) is 0. The average molecular weight is 190 g/mol. The van der Waals surface area contributed by atoms with Crippen LogP contribution in [0.15, 0.2) is 12.1 Å². The van der Waals surface area contributed by atoms with Gasteiger partial charge in [-0.2, -0.15) is 0 Å². The summed E-state index contributed by atoms with van der Waals surface area (Å²) in [6.07, 6.45) is 0. The van der Waals surface area contributed by atoms with Crippen molar-refractivity contribution in [2.75, 3.05) is 0 Å². The average Bonchev–Trinajstić information content (AvgIpc) is 2.48. The number of aryl methyl sites for hydroxylation is 2. The molecule has 0 unspecified atom stereocenters. The van der Waals surface area contributed by atoms with Crippen molar-refractivity contribution in [2.24, 2.45) is 0 Å². The topological polar surface area (TPSA) is 66.0 Å². The van der Waals surface area contributed by atoms with Gasteiger partial charge in [0.25, 0.3) is 0 Å². The van der Waals surface area contributed by atoms with Crippen molar-refractivity contribution in [3.8, 4) is 0 Å². The Labute approximate surface area is 80.6 Å². The number of carboxylic acid groups (broad SMARTS) is 1. The minimum absolute atomic E-state index is 0.00926. The van der Waals surface area contributed by atoms with Crippen LogP contribution in [-0.4, -0.2) is 21.0 Å². The van der Waals surface area contributed by atoms with Crippen molar-refractivity contribution in [1.29, 1.82) is 0 Å². The van der Waals surface area contributed by atoms with Gasteiger partial charge in [-0.05, 0) is 37.1 Å². The number of fused-ring (bicyclic) bond motifs is 1. The van der Waals surface area contributed by atoms with Crippen molar-refractivity contribution in [1.82, 2.24) is 9.97 Å². The minimum atomic E-state index is -1.03. The standard InChI is InChI=1S/C10H10N2O2/c1-5-3-7-8(4-6(5)2)12-9(11-7)10(13)14/h3-4H,1-2H3,(H,11,12)(H,13,14). The summed E-state index contributed by atoms with van der Waals surface area (Å²) in [6, 6.07) is 3.79. The summed E-state index contributed by atoms with van der Waals surface area (Å²) in [4.78, 5) is 17.4. The van der Waals surface area contributed by atoms with E-state index >= 15 is 0 Å². The molecule has 0 saturated heterocycles. The molecule has 0 aliphatic heterocycles. The molecule has 0 radical (unpaired) electrons. The molecule has 2 rings (SSSR count). The first-order chi connectivity index (χ1) is 6.58. The lowest BCUT2D eigenvalue weighted by atomic mass is 10.1. The highest BCUT2D eigenvalue weighted by molar-refractivity contribution is 5.89. The van der Waals surface area contributed by atoms with Gasteiger partial charge in [-0.15, -0.1) is 0 Å². The Bertz CT molecular complexity index is 475. The van der Waals surface area contributed by atoms with Crippen molar-refractivity contribution in [3.05, 3.63) is 29.1 Å². The van der Waals surface area contributed by atoms with E-state index < -0.39 is 5.97 Å². The first-order valence-electron chi connectivity index (χ1n) is 4.28. The molecule has 0 bridgehead atoms. The molecule has 1 aromatic carbocycles. The Morgan fingerprint density at radius 3 is 2.64 bits per heavy atom. The van der Waals surface area contributed by atoms with Crippen molar-refractivity contribution >= 4 is 17.0 Å². The highest BCUT2D eigenvalue weighted by Crippen LogP contribution is 2.17. The van der Waals surface area contributed by atoms with Gasteiger partial charge in [-0.3, -0.25) is 0 Å². The molecule has 0 amide bonds. The normalized spacial score (nSPS) is 10.7. The number of rotatable bonds is 1. The third kappa shape index (κ3) is 1.25. The maximum atomic E-state index is 10.6. The highest BCUT2D eigenvalue weighted by Gasteiger charge is 2.09. The zero-order valence-electron chi connectivity index (χ0n) is 7.96. The van der Waals surface area contributed by atoms with E-state index in [1.54, 1.807) is 0 Å². The Hall–Kier alpha value is -1.84. The number of nitrogens with zero attached hydrogens (tertiary/aromatic N) is 1. The SMILES string of the molecule is Cc1cc2nc(C(=O)O)[nH]c2cc1C. The molecule has 0 spiro atoms. The molecule has 4 heteroatoms. The molecular formula is C10H10N2O2. The Morgan fingerprint density at radius 1 is 1.36 bits per heavy atom. The lowest BCUT2D eigenvalue weighted by Gasteiger charge is -1.97. The minimum Gasteiger partial charge on any atom is -0.475 e. The van der Waals surface area contributed by atoms with Crippen LogP contribution in [0.1, 0.15) is 21.7 Å². The number of imidazole rings is 1. The summed E-state index contributed by atoms with van der Waals surface area (Å²) >= 11 is 0. The van der Waals surface area contributed by atoms with Crippen LogP contribution >= 0.6 is 0 Å². The fraction of sp³-hybridized carbons (Fsp3) is 0.200. The molecule has 4 nitrogen and oxygen atoms in total. The van der Waals surface area contributed by atoms with Gasteiger partial charge in [-0.25, -0.2) is 9.78 Å². The number of aromatic carboxylic acids is 1. The summed E-state index contributed by atoms with van der Waals surface area (Å²) in [5, 5.41) is 8.73. The van der Waals surface area contributed by atoms with E-state index in [2.05, 4.69) is 9.97 Å². The zero-order valence-corrected chi connectivity index (χ0v) is 7.96. The third-order valence-corrected chi connectivity index (χ3v) is 2.30. The fourth-order valence-electron chi connectivity index (χ4n) is 1.37. The number of benzene rings is 1. The first kappa shape index (κ1) is 8.74. The highest BCUT2D eigenvalue weighted by atomic mass is 16.4. The van der Waals surface area contributed by atoms with Crippen LogP contribution < -0.4 is 0 Å². The first-order valence-corrected chi connectivity index (χ1v) is 4.28. The van der Waals surface area contributed by atoms with Gasteiger partial charge in [-0.1, -0.05) is 0 Å². The molecule has 14 heavy (non-hydrogen) atoms. The van der Waals surface area contributed by atoms with E-state index in [0.29, 0.717) is 5.52 Å². The maximum absolute atomic E-state index is 10.6. The van der Waals surface area contributed by atoms with Crippen LogP contribution in [0.2, 0.25) is 0 Å². The summed E-state index contributed by atoms with van der Waals surface area (Å²) in [5.74, 6) is -1.04. The maximum Gasteiger partial charge on any atom is 0.371 e. The van der Waals surface area contributed by atoms with E-state index in [0.717, 1.165) is 16.6 Å². The van der Waals surface area contributed by atoms with Crippen LogP contribution in [0.4, 0.5) is 0 Å². The van der Waals surface area contributed by atoms with Crippen molar-refractivity contribution in [2.45, 2.75) is 13.8 Å². The quantitative estimate of drug-likeness (QED) is 0.721. The second-order valence-electron chi connectivity index (χ2n) is 3.34. The molecule has 0 atom stereocenters. The lowest BCUT2D eigenvalue weighted by Crippen LogP contribution is -1.97. The molecule has 1 heterocycles. The van der Waals surface area contributed by atoms with E-state index in [4.69, 9.17) is 5.11 Å². The van der Waals surface area contributed by atoms with Gasteiger partial charge in [0.15, 0.2) is 0 Å². The number of H-pyrrole nitrogens is 1. The predicted molar refractivity (Wildman–Crippen MR) is 52.5 cm³/mol. The molecule has 1 aromatic heterocycles. The van der Waals surface area contributed by atoms with Crippen LogP contribution in [-0.2, 0) is 0 Å². The van der Waals surface area contributed by atoms with Crippen molar-refractivity contribution < 1.29 is 9.90 Å². The second-order valence-corrected chi connectivity index (χ2v) is 3.34. The number of carboxylic acids is 1. The Morgan fingerprint density at radius 2 is 2.00 bits per heavy atom. The smallest absolute Gasteiger partial charge is 0.371 e. The number of nitrogens with one attached hydrogen (secondary N) is 1. The van der Waals surface area contributed by atoms with Gasteiger partial charge in [0.2, 0.25) is 5.82 Å². The van der Waals surface area contributed by atoms with Gasteiger partial charge < -0.3 is 10.1 Å². The molecule has 0 saturated carbocycles. The lowest BCUT2D eigenvalue weighted by molar-refractivity contribution is 0.0685. The van der Waals surface area contributed by atoms with E-state index in [9.17, 15) is 4.79 Å². The number of carbonyl (C=O) groups is 1. The molecule has 0 aliphatic rings. The molecule has 72 valence electrons. The molecule has 0 aliphatic carbocycles. The monoisotopic (exact) mass is 190 g/mol. The number of aromatic amines is 1. The van der Waals surface area contributed by atoms with Crippen LogP contribution in [0.25, 0.3) is 11.0 Å². The van der Waals surface area contributed by atoms with E-state index in [-0.39, 0.29) is 5.82 Å². The summed E-state index contributed by atoms with van der Waals surface area (Å²) < 4.78 is 0. The van der Waals surface area contributed by atoms with Gasteiger partial charge in [0.1, 0.15) is 0 Å². The molecule has 0 fully saturated rings. The number of aromatic nitrogens is 2. The van der Waals surface area contributed by atoms with Crippen LogP contribution in [0.5, 0.6) is 0 Å². The van der Waals surface area contributed by atoms with Crippen LogP contribution in [0.3, 0.4) is 0 Å². The fourth-order valence-corrected chi connectivity index (χ4v) is 1.37. The molecular weight excluding hydrogens is 180 g/mol. The summed E-state index contributed by atoms with van der Waals surface area (Å²) in [6.45, 7) is 3.96. The van der Waals surface area contributed by atoms with Gasteiger partial charge in [0.05, 0.1) is 11.0 Å². The zero-order chi connectivity index (χ0) is 10.3. The van der Waals surface area contributed by atoms with E-state index in [1.807, 2.05) is 26.0 Å². The van der Waals surface area contributed by atoms with E-state index in [1.165, 1.54) is 0 Å². The Kier molecular flexibility index (Phi) is 1.77. The number of hydrogen-bond donors (Lipinski definition) is 2. The Balaban J connectivity index is 2.72. The van der Waals surface area contributed by atoms with Gasteiger partial charge in [0, 0.05) is 0 Å². The molecule has 2 N–H and O–H groups in total.